The van der Waals surface area contributed by atoms with E-state index in [2.05, 4.69) is 4.98 Å². The number of carboxylic acid groups (broad SMARTS) is 1. The standard InChI is InChI=1S/C14H15NO5S/c1-18-10-5-4-8(13(19-2)14(10)20-3)9-7-21-11(15-9)6-12(16)17/h4-5,7H,6H2,1-3H3,(H,16,17). The third kappa shape index (κ3) is 3.08. The topological polar surface area (TPSA) is 77.9 Å². The van der Waals surface area contributed by atoms with E-state index in [0.717, 1.165) is 5.56 Å². The first kappa shape index (κ1) is 15.1. The van der Waals surface area contributed by atoms with E-state index in [-0.39, 0.29) is 6.42 Å². The van der Waals surface area contributed by atoms with E-state index in [9.17, 15) is 4.79 Å². The molecular formula is C14H15NO5S. The minimum Gasteiger partial charge on any atom is -0.493 e. The molecule has 1 N–H and O–H groups in total. The number of benzene rings is 1. The smallest absolute Gasteiger partial charge is 0.310 e. The summed E-state index contributed by atoms with van der Waals surface area (Å²) in [7, 11) is 4.61. The van der Waals surface area contributed by atoms with Crippen molar-refractivity contribution in [3.63, 3.8) is 0 Å². The molecule has 0 spiro atoms. The Morgan fingerprint density at radius 1 is 1.19 bits per heavy atom. The van der Waals surface area contributed by atoms with Crippen LogP contribution in [0.15, 0.2) is 17.5 Å². The Morgan fingerprint density at radius 3 is 2.48 bits per heavy atom. The molecule has 0 aliphatic carbocycles. The van der Waals surface area contributed by atoms with Crippen LogP contribution in [0.4, 0.5) is 0 Å². The molecule has 0 aliphatic heterocycles. The van der Waals surface area contributed by atoms with Crippen LogP contribution in [0.5, 0.6) is 17.2 Å². The third-order valence-corrected chi connectivity index (χ3v) is 3.68. The first-order valence-corrected chi connectivity index (χ1v) is 6.94. The van der Waals surface area contributed by atoms with Crippen molar-refractivity contribution in [3.05, 3.63) is 22.5 Å². The SMILES string of the molecule is COc1ccc(-c2csc(CC(=O)O)n2)c(OC)c1OC. The van der Waals surface area contributed by atoms with Crippen LogP contribution in [0, 0.1) is 0 Å². The zero-order valence-electron chi connectivity index (χ0n) is 11.9. The summed E-state index contributed by atoms with van der Waals surface area (Å²) in [4.78, 5) is 15.0. The van der Waals surface area contributed by atoms with E-state index in [0.29, 0.717) is 28.0 Å². The van der Waals surface area contributed by atoms with Crippen LogP contribution in [0.1, 0.15) is 5.01 Å². The van der Waals surface area contributed by atoms with Crippen LogP contribution < -0.4 is 14.2 Å². The quantitative estimate of drug-likeness (QED) is 0.883. The van der Waals surface area contributed by atoms with Gasteiger partial charge in [-0.25, -0.2) is 4.98 Å². The molecule has 21 heavy (non-hydrogen) atoms. The monoisotopic (exact) mass is 309 g/mol. The van der Waals surface area contributed by atoms with Gasteiger partial charge in [0.25, 0.3) is 0 Å². The number of aliphatic carboxylic acids is 1. The fourth-order valence-corrected chi connectivity index (χ4v) is 2.73. The molecule has 0 fully saturated rings. The number of ether oxygens (including phenoxy) is 3. The molecule has 2 rings (SSSR count). The number of carbonyl (C=O) groups is 1. The molecule has 0 aliphatic rings. The van der Waals surface area contributed by atoms with Gasteiger partial charge < -0.3 is 19.3 Å². The Bertz CT molecular complexity index is 653. The molecule has 112 valence electrons. The maximum atomic E-state index is 10.7. The summed E-state index contributed by atoms with van der Waals surface area (Å²) < 4.78 is 15.9. The largest absolute Gasteiger partial charge is 0.493 e. The summed E-state index contributed by atoms with van der Waals surface area (Å²) in [5, 5.41) is 11.1. The molecule has 0 atom stereocenters. The van der Waals surface area contributed by atoms with E-state index in [4.69, 9.17) is 19.3 Å². The van der Waals surface area contributed by atoms with Crippen molar-refractivity contribution >= 4 is 17.3 Å². The highest BCUT2D eigenvalue weighted by Gasteiger charge is 2.19. The van der Waals surface area contributed by atoms with E-state index >= 15 is 0 Å². The summed E-state index contributed by atoms with van der Waals surface area (Å²) in [6, 6.07) is 3.56. The third-order valence-electron chi connectivity index (χ3n) is 2.83. The molecule has 0 amide bonds. The Kier molecular flexibility index (Phi) is 4.64. The van der Waals surface area contributed by atoms with Crippen LogP contribution >= 0.6 is 11.3 Å². The highest BCUT2D eigenvalue weighted by atomic mass is 32.1. The van der Waals surface area contributed by atoms with E-state index in [1.165, 1.54) is 25.6 Å². The summed E-state index contributed by atoms with van der Waals surface area (Å²) in [6.07, 6.45) is -0.0970. The maximum absolute atomic E-state index is 10.7. The molecule has 1 aromatic heterocycles. The Hall–Kier alpha value is -2.28. The van der Waals surface area contributed by atoms with Crippen LogP contribution in [-0.2, 0) is 11.2 Å². The minimum atomic E-state index is -0.907. The lowest BCUT2D eigenvalue weighted by molar-refractivity contribution is -0.136. The van der Waals surface area contributed by atoms with Gasteiger partial charge in [-0.1, -0.05) is 0 Å². The molecule has 7 heteroatoms. The van der Waals surface area contributed by atoms with Gasteiger partial charge in [0.15, 0.2) is 11.5 Å². The van der Waals surface area contributed by atoms with Crippen molar-refractivity contribution in [1.29, 1.82) is 0 Å². The number of aromatic nitrogens is 1. The number of hydrogen-bond donors (Lipinski definition) is 1. The molecule has 0 radical (unpaired) electrons. The molecule has 0 bridgehead atoms. The molecule has 0 unspecified atom stereocenters. The lowest BCUT2D eigenvalue weighted by Crippen LogP contribution is -1.99. The van der Waals surface area contributed by atoms with Crippen molar-refractivity contribution in [1.82, 2.24) is 4.98 Å². The van der Waals surface area contributed by atoms with Gasteiger partial charge >= 0.3 is 5.97 Å². The maximum Gasteiger partial charge on any atom is 0.310 e. The lowest BCUT2D eigenvalue weighted by Gasteiger charge is -2.14. The Morgan fingerprint density at radius 2 is 1.90 bits per heavy atom. The van der Waals surface area contributed by atoms with E-state index < -0.39 is 5.97 Å². The van der Waals surface area contributed by atoms with Gasteiger partial charge in [-0.2, -0.15) is 0 Å². The van der Waals surface area contributed by atoms with Crippen molar-refractivity contribution in [3.8, 4) is 28.5 Å². The summed E-state index contributed by atoms with van der Waals surface area (Å²) in [5.74, 6) is 0.628. The van der Waals surface area contributed by atoms with E-state index in [1.54, 1.807) is 24.6 Å². The normalized spacial score (nSPS) is 10.2. The molecule has 1 aromatic carbocycles. The molecule has 2 aromatic rings. The van der Waals surface area contributed by atoms with Crippen LogP contribution in [0.25, 0.3) is 11.3 Å². The number of nitrogens with zero attached hydrogens (tertiary/aromatic N) is 1. The average Bonchev–Trinajstić information content (AvgIpc) is 2.92. The molecule has 1 heterocycles. The second-order valence-electron chi connectivity index (χ2n) is 4.08. The van der Waals surface area contributed by atoms with Gasteiger partial charge in [0.2, 0.25) is 5.75 Å². The first-order chi connectivity index (χ1) is 10.1. The van der Waals surface area contributed by atoms with Crippen molar-refractivity contribution < 1.29 is 24.1 Å². The van der Waals surface area contributed by atoms with Gasteiger partial charge in [-0.15, -0.1) is 11.3 Å². The van der Waals surface area contributed by atoms with Crippen LogP contribution in [0.2, 0.25) is 0 Å². The summed E-state index contributed by atoms with van der Waals surface area (Å²) in [5.41, 5.74) is 1.37. The van der Waals surface area contributed by atoms with Gasteiger partial charge in [0.05, 0.1) is 33.4 Å². The van der Waals surface area contributed by atoms with Gasteiger partial charge in [-0.3, -0.25) is 4.79 Å². The van der Waals surface area contributed by atoms with Gasteiger partial charge in [0, 0.05) is 10.9 Å². The minimum absolute atomic E-state index is 0.0970. The number of hydrogen-bond acceptors (Lipinski definition) is 6. The van der Waals surface area contributed by atoms with Crippen LogP contribution in [-0.4, -0.2) is 37.4 Å². The van der Waals surface area contributed by atoms with Crippen molar-refractivity contribution in [2.45, 2.75) is 6.42 Å². The van der Waals surface area contributed by atoms with Crippen molar-refractivity contribution in [2.75, 3.05) is 21.3 Å². The van der Waals surface area contributed by atoms with Gasteiger partial charge in [-0.05, 0) is 12.1 Å². The number of thiazole rings is 1. The molecule has 0 saturated carbocycles. The number of carboxylic acids is 1. The fraction of sp³-hybridized carbons (Fsp3) is 0.286. The predicted octanol–water partition coefficient (Wildman–Crippen LogP) is 2.46. The summed E-state index contributed by atoms with van der Waals surface area (Å²) >= 11 is 1.30. The Labute approximate surface area is 125 Å². The molecule has 0 saturated heterocycles. The second kappa shape index (κ2) is 6.45. The number of methoxy groups -OCH3 is 3. The second-order valence-corrected chi connectivity index (χ2v) is 5.02. The highest BCUT2D eigenvalue weighted by molar-refractivity contribution is 7.10. The predicted molar refractivity (Wildman–Crippen MR) is 78.5 cm³/mol. The Balaban J connectivity index is 2.48. The highest BCUT2D eigenvalue weighted by Crippen LogP contribution is 2.44. The zero-order valence-corrected chi connectivity index (χ0v) is 12.7. The first-order valence-electron chi connectivity index (χ1n) is 6.06. The van der Waals surface area contributed by atoms with Gasteiger partial charge in [0.1, 0.15) is 5.01 Å². The van der Waals surface area contributed by atoms with E-state index in [1.807, 2.05) is 0 Å². The van der Waals surface area contributed by atoms with Crippen LogP contribution in [0.3, 0.4) is 0 Å². The average molecular weight is 309 g/mol. The lowest BCUT2D eigenvalue weighted by atomic mass is 10.1. The zero-order chi connectivity index (χ0) is 15.4. The molecular weight excluding hydrogens is 294 g/mol. The number of rotatable bonds is 6. The summed E-state index contributed by atoms with van der Waals surface area (Å²) in [6.45, 7) is 0. The van der Waals surface area contributed by atoms with Crippen molar-refractivity contribution in [2.24, 2.45) is 0 Å². The molecule has 6 nitrogen and oxygen atoms in total. The fourth-order valence-electron chi connectivity index (χ4n) is 1.95.